The molecule has 0 saturated heterocycles. The molecule has 0 N–H and O–H groups in total. The van der Waals surface area contributed by atoms with Gasteiger partial charge in [0.05, 0.1) is 21.9 Å². The van der Waals surface area contributed by atoms with Crippen LogP contribution in [0, 0.1) is 0 Å². The first kappa shape index (κ1) is 18.5. The van der Waals surface area contributed by atoms with E-state index < -0.39 is 10.8 Å². The van der Waals surface area contributed by atoms with Crippen LogP contribution in [0.4, 0.5) is 0 Å². The van der Waals surface area contributed by atoms with E-state index in [-0.39, 0.29) is 16.4 Å². The maximum atomic E-state index is 13.9. The minimum Gasteiger partial charge on any atom is -0.258 e. The molecular weight excluding hydrogens is 395 g/mol. The molecule has 3 aromatic carbocycles. The van der Waals surface area contributed by atoms with Crippen LogP contribution < -0.4 is 0 Å². The summed E-state index contributed by atoms with van der Waals surface area (Å²) < 4.78 is 16.0. The molecule has 0 aliphatic carbocycles. The summed E-state index contributed by atoms with van der Waals surface area (Å²) in [5.74, 6) is 0.0920. The quantitative estimate of drug-likeness (QED) is 0.402. The smallest absolute Gasteiger partial charge is 0.0929 e. The van der Waals surface area contributed by atoms with Crippen LogP contribution in [0.1, 0.15) is 45.5 Å². The molecule has 0 radical (unpaired) electrons. The van der Waals surface area contributed by atoms with Crippen LogP contribution in [0.15, 0.2) is 91.0 Å². The third-order valence-electron chi connectivity index (χ3n) is 5.50. The van der Waals surface area contributed by atoms with Crippen molar-refractivity contribution in [1.29, 1.82) is 0 Å². The molecule has 2 heterocycles. The van der Waals surface area contributed by atoms with Gasteiger partial charge in [-0.3, -0.25) is 4.21 Å². The van der Waals surface area contributed by atoms with Gasteiger partial charge in [-0.25, -0.2) is 4.44 Å². The molecule has 1 aliphatic heterocycles. The summed E-state index contributed by atoms with van der Waals surface area (Å²) in [6, 6.07) is 30.7. The molecule has 4 aromatic rings. The lowest BCUT2D eigenvalue weighted by Crippen LogP contribution is -2.26. The largest absolute Gasteiger partial charge is 0.258 e. The molecule has 0 bridgehead atoms. The maximum Gasteiger partial charge on any atom is 0.0929 e. The van der Waals surface area contributed by atoms with Gasteiger partial charge in [-0.1, -0.05) is 85.8 Å². The van der Waals surface area contributed by atoms with E-state index in [0.29, 0.717) is 0 Å². The maximum absolute atomic E-state index is 13.9. The van der Waals surface area contributed by atoms with E-state index in [1.807, 2.05) is 59.0 Å². The summed E-state index contributed by atoms with van der Waals surface area (Å²) in [7, 11) is -0.0844. The fourth-order valence-electron chi connectivity index (χ4n) is 4.10. The van der Waals surface area contributed by atoms with E-state index in [4.69, 9.17) is 5.10 Å². The Balaban J connectivity index is 1.70. The number of nitrogens with zero attached hydrogens (tertiary/aromatic N) is 2. The number of rotatable bonds is 3. The molecule has 1 aliphatic rings. The summed E-state index contributed by atoms with van der Waals surface area (Å²) in [5.41, 5.74) is 4.36. The van der Waals surface area contributed by atoms with Gasteiger partial charge in [0.15, 0.2) is 0 Å². The van der Waals surface area contributed by atoms with Gasteiger partial charge in [-0.15, -0.1) is 0 Å². The van der Waals surface area contributed by atoms with Crippen molar-refractivity contribution in [3.05, 3.63) is 113 Å². The van der Waals surface area contributed by atoms with Crippen molar-refractivity contribution in [3.63, 3.8) is 0 Å². The molecule has 0 fully saturated rings. The van der Waals surface area contributed by atoms with Crippen molar-refractivity contribution >= 4 is 19.2 Å². The second kappa shape index (κ2) is 7.70. The van der Waals surface area contributed by atoms with Crippen molar-refractivity contribution in [2.24, 2.45) is 0 Å². The van der Waals surface area contributed by atoms with Crippen LogP contribution in [0.2, 0.25) is 0 Å². The fraction of sp³-hybridized carbons (Fsp3) is 0.167. The highest BCUT2D eigenvalue weighted by Crippen LogP contribution is 2.52. The first-order chi connectivity index (χ1) is 14.2. The molecular formula is C24H21N2OPS. The zero-order valence-electron chi connectivity index (χ0n) is 16.1. The first-order valence-corrected chi connectivity index (χ1v) is 11.9. The zero-order valence-corrected chi connectivity index (χ0v) is 17.8. The lowest BCUT2D eigenvalue weighted by atomic mass is 9.94. The number of benzene rings is 3. The SMILES string of the molecule is C[C@H]1c2nn(-c3ccccc3)pc2[C@H](c2ccccc2)S(=O)[C@@H]1c1ccccc1. The third kappa shape index (κ3) is 3.27. The topological polar surface area (TPSA) is 34.9 Å². The van der Waals surface area contributed by atoms with Crippen LogP contribution in [0.3, 0.4) is 0 Å². The zero-order chi connectivity index (χ0) is 19.8. The molecule has 0 saturated carbocycles. The summed E-state index contributed by atoms with van der Waals surface area (Å²) >= 11 is 0. The van der Waals surface area contributed by atoms with Gasteiger partial charge in [0.2, 0.25) is 0 Å². The predicted molar refractivity (Wildman–Crippen MR) is 120 cm³/mol. The standard InChI is InChI=1S/C24H21N2OPS/c1-17-21-22(28-26(25-21)20-15-9-4-10-16-20)24(19-13-7-3-8-14-19)29(27)23(17)18-11-5-2-6-12-18/h2-17,23-24H,1H3/t17-,23-,24-,29?/m0/s1. The Bertz CT molecular complexity index is 1150. The molecule has 29 heavy (non-hydrogen) atoms. The Labute approximate surface area is 175 Å². The van der Waals surface area contributed by atoms with Gasteiger partial charge in [0.25, 0.3) is 0 Å². The molecule has 1 unspecified atom stereocenters. The lowest BCUT2D eigenvalue weighted by molar-refractivity contribution is 0.617. The second-order valence-electron chi connectivity index (χ2n) is 7.33. The van der Waals surface area contributed by atoms with Crippen molar-refractivity contribution in [2.45, 2.75) is 23.3 Å². The Morgan fingerprint density at radius 2 is 1.38 bits per heavy atom. The van der Waals surface area contributed by atoms with E-state index in [9.17, 15) is 4.21 Å². The molecule has 3 nitrogen and oxygen atoms in total. The average molecular weight is 416 g/mol. The number of fused-ring (bicyclic) bond motifs is 1. The van der Waals surface area contributed by atoms with E-state index >= 15 is 0 Å². The number of para-hydroxylation sites is 1. The van der Waals surface area contributed by atoms with Crippen LogP contribution >= 0.6 is 8.35 Å². The normalized spacial score (nSPS) is 23.8. The molecule has 1 aromatic heterocycles. The molecule has 4 atom stereocenters. The highest BCUT2D eigenvalue weighted by molar-refractivity contribution is 7.86. The third-order valence-corrected chi connectivity index (χ3v) is 9.04. The minimum atomic E-state index is -1.08. The van der Waals surface area contributed by atoms with Gasteiger partial charge in [-0.2, -0.15) is 5.10 Å². The van der Waals surface area contributed by atoms with E-state index in [1.165, 1.54) is 0 Å². The summed E-state index contributed by atoms with van der Waals surface area (Å²) in [6.07, 6.45) is 0. The van der Waals surface area contributed by atoms with Gasteiger partial charge in [-0.05, 0) is 23.3 Å². The average Bonchev–Trinajstić information content (AvgIpc) is 3.21. The minimum absolute atomic E-state index is 0.0742. The van der Waals surface area contributed by atoms with Crippen molar-refractivity contribution in [2.75, 3.05) is 0 Å². The Morgan fingerprint density at radius 1 is 0.828 bits per heavy atom. The molecule has 0 amide bonds. The van der Waals surface area contributed by atoms with E-state index in [2.05, 4.69) is 43.3 Å². The number of aromatic nitrogens is 2. The number of hydrogen-bond acceptors (Lipinski definition) is 2. The van der Waals surface area contributed by atoms with Gasteiger partial charge < -0.3 is 0 Å². The van der Waals surface area contributed by atoms with E-state index in [1.54, 1.807) is 0 Å². The summed E-state index contributed by atoms with van der Waals surface area (Å²) in [4.78, 5) is 0. The Morgan fingerprint density at radius 3 is 2.00 bits per heavy atom. The van der Waals surface area contributed by atoms with Crippen molar-refractivity contribution in [3.8, 4) is 5.69 Å². The van der Waals surface area contributed by atoms with Gasteiger partial charge in [0.1, 0.15) is 0 Å². The number of hydrogen-bond donors (Lipinski definition) is 0. The monoisotopic (exact) mass is 416 g/mol. The van der Waals surface area contributed by atoms with E-state index in [0.717, 1.165) is 36.2 Å². The fourth-order valence-corrected chi connectivity index (χ4v) is 7.77. The molecule has 144 valence electrons. The molecule has 5 heteroatoms. The second-order valence-corrected chi connectivity index (χ2v) is 10.0. The van der Waals surface area contributed by atoms with Crippen LogP contribution in [0.5, 0.6) is 0 Å². The van der Waals surface area contributed by atoms with Crippen LogP contribution in [-0.2, 0) is 10.8 Å². The first-order valence-electron chi connectivity index (χ1n) is 9.76. The van der Waals surface area contributed by atoms with Crippen LogP contribution in [-0.4, -0.2) is 13.8 Å². The molecule has 5 rings (SSSR count). The highest BCUT2D eigenvalue weighted by Gasteiger charge is 2.43. The Kier molecular flexibility index (Phi) is 4.91. The summed E-state index contributed by atoms with van der Waals surface area (Å²) in [5, 5.41) is 5.96. The van der Waals surface area contributed by atoms with Crippen molar-refractivity contribution < 1.29 is 4.21 Å². The molecule has 0 spiro atoms. The van der Waals surface area contributed by atoms with Crippen molar-refractivity contribution in [1.82, 2.24) is 9.54 Å². The van der Waals surface area contributed by atoms with Gasteiger partial charge in [0, 0.05) is 30.4 Å². The van der Waals surface area contributed by atoms with Gasteiger partial charge >= 0.3 is 0 Å². The summed E-state index contributed by atoms with van der Waals surface area (Å²) in [6.45, 7) is 2.17. The lowest BCUT2D eigenvalue weighted by Gasteiger charge is -2.33. The Hall–Kier alpha value is -2.55. The van der Waals surface area contributed by atoms with Crippen LogP contribution in [0.25, 0.3) is 5.69 Å². The highest BCUT2D eigenvalue weighted by atomic mass is 32.2. The predicted octanol–water partition coefficient (Wildman–Crippen LogP) is 6.15.